The van der Waals surface area contributed by atoms with Gasteiger partial charge in [-0.15, -0.1) is 0 Å². The molecule has 0 bridgehead atoms. The molecule has 2 rings (SSSR count). The van der Waals surface area contributed by atoms with E-state index in [1.165, 1.54) is 0 Å². The van der Waals surface area contributed by atoms with Crippen molar-refractivity contribution in [3.05, 3.63) is 35.7 Å². The Morgan fingerprint density at radius 1 is 1.44 bits per heavy atom. The molecular formula is C11H11N3O2. The summed E-state index contributed by atoms with van der Waals surface area (Å²) in [4.78, 5) is 15.5. The lowest BCUT2D eigenvalue weighted by Gasteiger charge is -2.00. The molecule has 0 aliphatic heterocycles. The maximum Gasteiger partial charge on any atom is 0.251 e. The van der Waals surface area contributed by atoms with E-state index in [1.807, 2.05) is 6.07 Å². The second-order valence-electron chi connectivity index (χ2n) is 3.30. The Labute approximate surface area is 92.5 Å². The van der Waals surface area contributed by atoms with Gasteiger partial charge in [-0.05, 0) is 12.1 Å². The summed E-state index contributed by atoms with van der Waals surface area (Å²) in [6.45, 7) is 1.72. The fourth-order valence-corrected chi connectivity index (χ4v) is 1.36. The highest BCUT2D eigenvalue weighted by molar-refractivity contribution is 5.95. The number of hydrogen-bond acceptors (Lipinski definition) is 4. The molecule has 5 nitrogen and oxygen atoms in total. The van der Waals surface area contributed by atoms with Crippen LogP contribution >= 0.6 is 0 Å². The average Bonchev–Trinajstić information content (AvgIpc) is 2.75. The Morgan fingerprint density at radius 3 is 2.88 bits per heavy atom. The second-order valence-corrected chi connectivity index (χ2v) is 3.30. The van der Waals surface area contributed by atoms with Crippen molar-refractivity contribution in [2.24, 2.45) is 0 Å². The molecule has 1 heterocycles. The molecule has 0 unspecified atom stereocenters. The van der Waals surface area contributed by atoms with Crippen LogP contribution in [-0.2, 0) is 0 Å². The van der Waals surface area contributed by atoms with Crippen LogP contribution in [0.1, 0.15) is 16.2 Å². The summed E-state index contributed by atoms with van der Waals surface area (Å²) >= 11 is 0. The molecule has 0 saturated heterocycles. The van der Waals surface area contributed by atoms with Crippen LogP contribution in [0.5, 0.6) is 0 Å². The fraction of sp³-hybridized carbons (Fsp3) is 0.182. The van der Waals surface area contributed by atoms with E-state index < -0.39 is 0 Å². The first-order valence-electron chi connectivity index (χ1n) is 4.83. The van der Waals surface area contributed by atoms with Crippen molar-refractivity contribution < 1.29 is 9.32 Å². The fourth-order valence-electron chi connectivity index (χ4n) is 1.36. The largest absolute Gasteiger partial charge is 0.355 e. The van der Waals surface area contributed by atoms with Gasteiger partial charge in [0.2, 0.25) is 11.7 Å². The van der Waals surface area contributed by atoms with Crippen LogP contribution in [0.15, 0.2) is 28.8 Å². The SMILES string of the molecule is CNC(=O)c1cccc(-c2noc(C)n2)c1. The van der Waals surface area contributed by atoms with Crippen LogP contribution in [0.3, 0.4) is 0 Å². The second kappa shape index (κ2) is 4.14. The molecule has 82 valence electrons. The molecule has 0 radical (unpaired) electrons. The van der Waals surface area contributed by atoms with Crippen molar-refractivity contribution in [3.63, 3.8) is 0 Å². The molecule has 0 aliphatic rings. The van der Waals surface area contributed by atoms with Gasteiger partial charge in [0.25, 0.3) is 5.91 Å². The van der Waals surface area contributed by atoms with E-state index in [2.05, 4.69) is 15.5 Å². The minimum Gasteiger partial charge on any atom is -0.355 e. The Morgan fingerprint density at radius 2 is 2.25 bits per heavy atom. The van der Waals surface area contributed by atoms with Gasteiger partial charge >= 0.3 is 0 Å². The highest BCUT2D eigenvalue weighted by Crippen LogP contribution is 2.16. The third kappa shape index (κ3) is 1.93. The first kappa shape index (κ1) is 10.4. The zero-order chi connectivity index (χ0) is 11.5. The molecular weight excluding hydrogens is 206 g/mol. The van der Waals surface area contributed by atoms with E-state index in [9.17, 15) is 4.79 Å². The van der Waals surface area contributed by atoms with Crippen molar-refractivity contribution in [2.45, 2.75) is 6.92 Å². The number of benzene rings is 1. The summed E-state index contributed by atoms with van der Waals surface area (Å²) in [6.07, 6.45) is 0. The molecule has 0 saturated carbocycles. The van der Waals surface area contributed by atoms with E-state index in [4.69, 9.17) is 4.52 Å². The average molecular weight is 217 g/mol. The van der Waals surface area contributed by atoms with Crippen LogP contribution in [0.25, 0.3) is 11.4 Å². The Balaban J connectivity index is 2.39. The smallest absolute Gasteiger partial charge is 0.251 e. The van der Waals surface area contributed by atoms with Gasteiger partial charge in [-0.25, -0.2) is 0 Å². The molecule has 5 heteroatoms. The van der Waals surface area contributed by atoms with Crippen LogP contribution in [0, 0.1) is 6.92 Å². The highest BCUT2D eigenvalue weighted by atomic mass is 16.5. The Kier molecular flexibility index (Phi) is 2.68. The zero-order valence-corrected chi connectivity index (χ0v) is 9.02. The summed E-state index contributed by atoms with van der Waals surface area (Å²) in [7, 11) is 1.59. The monoisotopic (exact) mass is 217 g/mol. The molecule has 0 spiro atoms. The van der Waals surface area contributed by atoms with Crippen LogP contribution in [0.4, 0.5) is 0 Å². The molecule has 1 aromatic carbocycles. The predicted octanol–water partition coefficient (Wildman–Crippen LogP) is 1.40. The number of carbonyl (C=O) groups is 1. The van der Waals surface area contributed by atoms with Crippen molar-refractivity contribution >= 4 is 5.91 Å². The Bertz CT molecular complexity index is 519. The zero-order valence-electron chi connectivity index (χ0n) is 9.02. The summed E-state index contributed by atoms with van der Waals surface area (Å²) in [5.74, 6) is 0.852. The summed E-state index contributed by atoms with van der Waals surface area (Å²) in [6, 6.07) is 7.07. The van der Waals surface area contributed by atoms with Gasteiger partial charge in [0.05, 0.1) is 0 Å². The summed E-state index contributed by atoms with van der Waals surface area (Å²) < 4.78 is 4.88. The molecule has 0 aliphatic carbocycles. The quantitative estimate of drug-likeness (QED) is 0.825. The first-order chi connectivity index (χ1) is 7.70. The minimum absolute atomic E-state index is 0.137. The molecule has 16 heavy (non-hydrogen) atoms. The normalized spacial score (nSPS) is 10.1. The lowest BCUT2D eigenvalue weighted by Crippen LogP contribution is -2.17. The van der Waals surface area contributed by atoms with Gasteiger partial charge in [-0.1, -0.05) is 17.3 Å². The topological polar surface area (TPSA) is 68.0 Å². The third-order valence-electron chi connectivity index (χ3n) is 2.14. The number of amides is 1. The summed E-state index contributed by atoms with van der Waals surface area (Å²) in [5.41, 5.74) is 1.33. The van der Waals surface area contributed by atoms with Gasteiger partial charge in [0, 0.05) is 25.1 Å². The molecule has 0 fully saturated rings. The number of nitrogens with one attached hydrogen (secondary N) is 1. The van der Waals surface area contributed by atoms with Gasteiger partial charge in [-0.2, -0.15) is 4.98 Å². The highest BCUT2D eigenvalue weighted by Gasteiger charge is 2.08. The van der Waals surface area contributed by atoms with Crippen LogP contribution in [-0.4, -0.2) is 23.1 Å². The number of rotatable bonds is 2. The minimum atomic E-state index is -0.137. The standard InChI is InChI=1S/C11H11N3O2/c1-7-13-10(14-16-7)8-4-3-5-9(6-8)11(15)12-2/h3-6H,1-2H3,(H,12,15). The van der Waals surface area contributed by atoms with Gasteiger partial charge in [-0.3, -0.25) is 4.79 Å². The van der Waals surface area contributed by atoms with Crippen molar-refractivity contribution in [2.75, 3.05) is 7.05 Å². The molecule has 1 amide bonds. The summed E-state index contributed by atoms with van der Waals surface area (Å²) in [5, 5.41) is 6.36. The number of carbonyl (C=O) groups excluding carboxylic acids is 1. The maximum atomic E-state index is 11.4. The first-order valence-corrected chi connectivity index (χ1v) is 4.83. The van der Waals surface area contributed by atoms with Crippen LogP contribution in [0.2, 0.25) is 0 Å². The van der Waals surface area contributed by atoms with Gasteiger partial charge < -0.3 is 9.84 Å². The van der Waals surface area contributed by atoms with Crippen molar-refractivity contribution in [3.8, 4) is 11.4 Å². The van der Waals surface area contributed by atoms with Gasteiger partial charge in [0.15, 0.2) is 0 Å². The lowest BCUT2D eigenvalue weighted by atomic mass is 10.1. The van der Waals surface area contributed by atoms with E-state index >= 15 is 0 Å². The van der Waals surface area contributed by atoms with Crippen molar-refractivity contribution in [1.29, 1.82) is 0 Å². The number of aromatic nitrogens is 2. The maximum absolute atomic E-state index is 11.4. The molecule has 1 N–H and O–H groups in total. The van der Waals surface area contributed by atoms with Gasteiger partial charge in [0.1, 0.15) is 0 Å². The van der Waals surface area contributed by atoms with Crippen molar-refractivity contribution in [1.82, 2.24) is 15.5 Å². The predicted molar refractivity (Wildman–Crippen MR) is 57.9 cm³/mol. The van der Waals surface area contributed by atoms with Crippen LogP contribution < -0.4 is 5.32 Å². The molecule has 2 aromatic rings. The Hall–Kier alpha value is -2.17. The van der Waals surface area contributed by atoms with E-state index in [0.29, 0.717) is 17.3 Å². The van der Waals surface area contributed by atoms with E-state index in [-0.39, 0.29) is 5.91 Å². The third-order valence-corrected chi connectivity index (χ3v) is 2.14. The number of hydrogen-bond donors (Lipinski definition) is 1. The van der Waals surface area contributed by atoms with E-state index in [1.54, 1.807) is 32.2 Å². The molecule has 0 atom stereocenters. The lowest BCUT2D eigenvalue weighted by molar-refractivity contribution is 0.0963. The number of nitrogens with zero attached hydrogens (tertiary/aromatic N) is 2. The molecule has 1 aromatic heterocycles. The van der Waals surface area contributed by atoms with E-state index in [0.717, 1.165) is 5.56 Å². The number of aryl methyl sites for hydroxylation is 1.